The van der Waals surface area contributed by atoms with Crippen molar-refractivity contribution in [3.8, 4) is 0 Å². The highest BCUT2D eigenvalue weighted by Crippen LogP contribution is 2.38. The maximum absolute atomic E-state index is 10.4. The Morgan fingerprint density at radius 2 is 2.10 bits per heavy atom. The van der Waals surface area contributed by atoms with Crippen LogP contribution in [0.4, 0.5) is 0 Å². The van der Waals surface area contributed by atoms with Crippen LogP contribution in [-0.4, -0.2) is 51.9 Å². The van der Waals surface area contributed by atoms with E-state index in [1.54, 1.807) is 0 Å². The number of rotatable bonds is 7. The Balaban J connectivity index is 1.37. The second kappa shape index (κ2) is 6.53. The minimum atomic E-state index is -0.810. The van der Waals surface area contributed by atoms with Crippen LogP contribution in [0, 0.1) is 0 Å². The Kier molecular flexibility index (Phi) is 4.50. The molecular formula is C14H21N3O4. The fourth-order valence-electron chi connectivity index (χ4n) is 2.58. The summed E-state index contributed by atoms with van der Waals surface area (Å²) in [7, 11) is 0. The fourth-order valence-corrected chi connectivity index (χ4v) is 2.58. The summed E-state index contributed by atoms with van der Waals surface area (Å²) in [4.78, 5) is 17.2. The molecule has 0 atom stereocenters. The fraction of sp³-hybridized carbons (Fsp3) is 0.786. The van der Waals surface area contributed by atoms with Crippen molar-refractivity contribution in [2.75, 3.05) is 19.7 Å². The second-order valence-electron chi connectivity index (χ2n) is 5.81. The van der Waals surface area contributed by atoms with Crippen LogP contribution in [0.15, 0.2) is 4.52 Å². The molecule has 1 aliphatic heterocycles. The van der Waals surface area contributed by atoms with Gasteiger partial charge in [-0.15, -0.1) is 0 Å². The van der Waals surface area contributed by atoms with Gasteiger partial charge in [-0.3, -0.25) is 9.69 Å². The smallest absolute Gasteiger partial charge is 0.305 e. The molecule has 1 aromatic heterocycles. The van der Waals surface area contributed by atoms with Crippen molar-refractivity contribution >= 4 is 5.97 Å². The van der Waals surface area contributed by atoms with Crippen molar-refractivity contribution in [3.63, 3.8) is 0 Å². The van der Waals surface area contributed by atoms with Gasteiger partial charge in [0.15, 0.2) is 5.82 Å². The number of hydrogen-bond donors (Lipinski definition) is 1. The molecule has 0 radical (unpaired) electrons. The maximum Gasteiger partial charge on any atom is 0.305 e. The highest BCUT2D eigenvalue weighted by molar-refractivity contribution is 5.66. The van der Waals surface area contributed by atoms with Crippen molar-refractivity contribution in [1.29, 1.82) is 0 Å². The quantitative estimate of drug-likeness (QED) is 0.813. The van der Waals surface area contributed by atoms with Gasteiger partial charge in [-0.05, 0) is 25.7 Å². The first kappa shape index (κ1) is 14.5. The predicted molar refractivity (Wildman–Crippen MR) is 72.8 cm³/mol. The summed E-state index contributed by atoms with van der Waals surface area (Å²) in [5.41, 5.74) is 0. The molecular weight excluding hydrogens is 274 g/mol. The molecule has 21 heavy (non-hydrogen) atoms. The SMILES string of the molecule is O=C(O)CCOC1CCN(Cc2nc(C3CC3)no2)CC1. The van der Waals surface area contributed by atoms with Gasteiger partial charge >= 0.3 is 5.97 Å². The molecule has 1 N–H and O–H groups in total. The number of likely N-dealkylation sites (tertiary alicyclic amines) is 1. The van der Waals surface area contributed by atoms with Crippen LogP contribution in [0.1, 0.15) is 49.7 Å². The predicted octanol–water partition coefficient (Wildman–Crippen LogP) is 1.40. The third-order valence-electron chi connectivity index (χ3n) is 3.99. The van der Waals surface area contributed by atoms with Crippen molar-refractivity contribution in [1.82, 2.24) is 15.0 Å². The number of ether oxygens (including phenoxy) is 1. The summed E-state index contributed by atoms with van der Waals surface area (Å²) in [5, 5.41) is 12.6. The van der Waals surface area contributed by atoms with Crippen molar-refractivity contribution in [2.24, 2.45) is 0 Å². The van der Waals surface area contributed by atoms with E-state index in [1.165, 1.54) is 12.8 Å². The molecule has 1 aromatic rings. The Morgan fingerprint density at radius 3 is 2.76 bits per heavy atom. The Bertz CT molecular complexity index is 478. The Morgan fingerprint density at radius 1 is 1.33 bits per heavy atom. The molecule has 2 heterocycles. The van der Waals surface area contributed by atoms with E-state index in [0.717, 1.165) is 31.8 Å². The molecule has 7 nitrogen and oxygen atoms in total. The second-order valence-corrected chi connectivity index (χ2v) is 5.81. The van der Waals surface area contributed by atoms with Gasteiger partial charge in [0.1, 0.15) is 0 Å². The lowest BCUT2D eigenvalue weighted by Crippen LogP contribution is -2.36. The van der Waals surface area contributed by atoms with E-state index in [9.17, 15) is 4.79 Å². The zero-order valence-corrected chi connectivity index (χ0v) is 12.0. The molecule has 1 aliphatic carbocycles. The molecule has 1 saturated heterocycles. The molecule has 7 heteroatoms. The van der Waals surface area contributed by atoms with Gasteiger partial charge in [0.05, 0.1) is 25.7 Å². The first-order chi connectivity index (χ1) is 10.2. The molecule has 1 saturated carbocycles. The number of aliphatic carboxylic acids is 1. The van der Waals surface area contributed by atoms with E-state index >= 15 is 0 Å². The number of hydrogen-bond acceptors (Lipinski definition) is 6. The van der Waals surface area contributed by atoms with E-state index in [2.05, 4.69) is 15.0 Å². The Hall–Kier alpha value is -1.47. The lowest BCUT2D eigenvalue weighted by molar-refractivity contribution is -0.138. The molecule has 0 aromatic carbocycles. The zero-order valence-electron chi connectivity index (χ0n) is 12.0. The van der Waals surface area contributed by atoms with Gasteiger partial charge in [0.25, 0.3) is 0 Å². The van der Waals surface area contributed by atoms with Crippen LogP contribution in [-0.2, 0) is 16.1 Å². The average Bonchev–Trinajstić information content (AvgIpc) is 3.21. The van der Waals surface area contributed by atoms with Crippen LogP contribution in [0.25, 0.3) is 0 Å². The number of nitrogens with zero attached hydrogens (tertiary/aromatic N) is 3. The summed E-state index contributed by atoms with van der Waals surface area (Å²) >= 11 is 0. The van der Waals surface area contributed by atoms with Gasteiger partial charge in [-0.25, -0.2) is 0 Å². The summed E-state index contributed by atoms with van der Waals surface area (Å²) < 4.78 is 10.9. The van der Waals surface area contributed by atoms with E-state index in [-0.39, 0.29) is 12.5 Å². The molecule has 116 valence electrons. The molecule has 0 spiro atoms. The minimum absolute atomic E-state index is 0.0755. The highest BCUT2D eigenvalue weighted by atomic mass is 16.5. The van der Waals surface area contributed by atoms with Gasteiger partial charge in [0, 0.05) is 19.0 Å². The van der Waals surface area contributed by atoms with E-state index < -0.39 is 5.97 Å². The van der Waals surface area contributed by atoms with Crippen LogP contribution < -0.4 is 0 Å². The summed E-state index contributed by atoms with van der Waals surface area (Å²) in [5.74, 6) is 1.27. The first-order valence-corrected chi connectivity index (χ1v) is 7.59. The van der Waals surface area contributed by atoms with Crippen molar-refractivity contribution in [3.05, 3.63) is 11.7 Å². The van der Waals surface area contributed by atoms with Crippen LogP contribution in [0.2, 0.25) is 0 Å². The molecule has 0 amide bonds. The number of carboxylic acid groups (broad SMARTS) is 1. The maximum atomic E-state index is 10.4. The molecule has 0 bridgehead atoms. The van der Waals surface area contributed by atoms with E-state index in [0.29, 0.717) is 25.0 Å². The van der Waals surface area contributed by atoms with Gasteiger partial charge in [-0.1, -0.05) is 5.16 Å². The minimum Gasteiger partial charge on any atom is -0.481 e. The third kappa shape index (κ3) is 4.25. The van der Waals surface area contributed by atoms with E-state index in [1.807, 2.05) is 0 Å². The number of carbonyl (C=O) groups is 1. The largest absolute Gasteiger partial charge is 0.481 e. The lowest BCUT2D eigenvalue weighted by Gasteiger charge is -2.30. The normalized spacial score (nSPS) is 20.8. The number of aromatic nitrogens is 2. The zero-order chi connectivity index (χ0) is 14.7. The van der Waals surface area contributed by atoms with Crippen LogP contribution in [0.3, 0.4) is 0 Å². The van der Waals surface area contributed by atoms with Crippen LogP contribution in [0.5, 0.6) is 0 Å². The molecule has 0 unspecified atom stereocenters. The lowest BCUT2D eigenvalue weighted by atomic mass is 10.1. The monoisotopic (exact) mass is 295 g/mol. The summed E-state index contributed by atoms with van der Waals surface area (Å²) in [6, 6.07) is 0. The standard InChI is InChI=1S/C14H21N3O4/c18-13(19)5-8-20-11-3-6-17(7-4-11)9-12-15-14(16-21-12)10-1-2-10/h10-11H,1-9H2,(H,18,19). The Labute approximate surface area is 123 Å². The molecule has 2 fully saturated rings. The van der Waals surface area contributed by atoms with Gasteiger partial charge in [-0.2, -0.15) is 4.98 Å². The topological polar surface area (TPSA) is 88.7 Å². The molecule has 2 aliphatic rings. The summed E-state index contributed by atoms with van der Waals surface area (Å²) in [6.07, 6.45) is 4.44. The number of piperidine rings is 1. The third-order valence-corrected chi connectivity index (χ3v) is 3.99. The average molecular weight is 295 g/mol. The van der Waals surface area contributed by atoms with E-state index in [4.69, 9.17) is 14.4 Å². The first-order valence-electron chi connectivity index (χ1n) is 7.59. The molecule has 3 rings (SSSR count). The van der Waals surface area contributed by atoms with Crippen molar-refractivity contribution in [2.45, 2.75) is 50.7 Å². The van der Waals surface area contributed by atoms with Crippen LogP contribution >= 0.6 is 0 Å². The van der Waals surface area contributed by atoms with Gasteiger partial charge < -0.3 is 14.4 Å². The number of carboxylic acids is 1. The van der Waals surface area contributed by atoms with Gasteiger partial charge in [0.2, 0.25) is 5.89 Å². The highest BCUT2D eigenvalue weighted by Gasteiger charge is 2.29. The van der Waals surface area contributed by atoms with Crippen molar-refractivity contribution < 1.29 is 19.2 Å². The summed E-state index contributed by atoms with van der Waals surface area (Å²) in [6.45, 7) is 2.83.